The molecular formula is C16H27N3O3. The van der Waals surface area contributed by atoms with Crippen LogP contribution < -0.4 is 0 Å². The van der Waals surface area contributed by atoms with Crippen LogP contribution >= 0.6 is 0 Å². The zero-order valence-corrected chi connectivity index (χ0v) is 13.6. The second kappa shape index (κ2) is 7.40. The number of likely N-dealkylation sites (tertiary alicyclic amines) is 1. The minimum absolute atomic E-state index is 0.0709. The van der Waals surface area contributed by atoms with Crippen LogP contribution in [0.3, 0.4) is 0 Å². The predicted octanol–water partition coefficient (Wildman–Crippen LogP) is 0.325. The van der Waals surface area contributed by atoms with E-state index in [1.165, 1.54) is 0 Å². The summed E-state index contributed by atoms with van der Waals surface area (Å²) in [5.74, 6) is 0.307. The Bertz CT molecular complexity index is 429. The van der Waals surface area contributed by atoms with Gasteiger partial charge < -0.3 is 19.6 Å². The van der Waals surface area contributed by atoms with Crippen LogP contribution in [-0.2, 0) is 9.53 Å². The van der Waals surface area contributed by atoms with Gasteiger partial charge in [-0.2, -0.15) is 5.26 Å². The van der Waals surface area contributed by atoms with Crippen LogP contribution in [0.15, 0.2) is 0 Å². The molecule has 0 saturated carbocycles. The topological polar surface area (TPSA) is 76.8 Å². The lowest BCUT2D eigenvalue weighted by atomic mass is 9.80. The van der Waals surface area contributed by atoms with Gasteiger partial charge in [0.25, 0.3) is 0 Å². The number of ether oxygens (including phenoxy) is 1. The Balaban J connectivity index is 2.06. The van der Waals surface area contributed by atoms with Crippen molar-refractivity contribution in [3.05, 3.63) is 0 Å². The van der Waals surface area contributed by atoms with Crippen molar-refractivity contribution in [3.8, 4) is 6.07 Å². The maximum Gasteiger partial charge on any atom is 0.243 e. The van der Waals surface area contributed by atoms with E-state index in [-0.39, 0.29) is 24.3 Å². The Morgan fingerprint density at radius 1 is 1.41 bits per heavy atom. The molecule has 0 bridgehead atoms. The number of aliphatic hydroxyl groups excluding tert-OH is 1. The average Bonchev–Trinajstić information content (AvgIpc) is 2.97. The number of rotatable bonds is 5. The van der Waals surface area contributed by atoms with Crippen molar-refractivity contribution < 1.29 is 14.6 Å². The van der Waals surface area contributed by atoms with Crippen molar-refractivity contribution in [1.29, 1.82) is 5.26 Å². The molecule has 1 amide bonds. The zero-order valence-electron chi connectivity index (χ0n) is 13.6. The lowest BCUT2D eigenvalue weighted by Gasteiger charge is -2.33. The normalized spacial score (nSPS) is 27.9. The SMILES string of the molecule is CCN(C)C[C@@H]1CN(C(=O)C2(C#N)CCOCC2)C[C@@H]1CO. The quantitative estimate of drug-likeness (QED) is 0.792. The minimum Gasteiger partial charge on any atom is -0.396 e. The molecule has 22 heavy (non-hydrogen) atoms. The molecule has 0 spiro atoms. The molecule has 2 heterocycles. The van der Waals surface area contributed by atoms with Crippen LogP contribution in [0.2, 0.25) is 0 Å². The molecule has 2 aliphatic heterocycles. The van der Waals surface area contributed by atoms with E-state index in [0.29, 0.717) is 39.1 Å². The fourth-order valence-electron chi connectivity index (χ4n) is 3.44. The molecule has 6 nitrogen and oxygen atoms in total. The maximum absolute atomic E-state index is 12.9. The minimum atomic E-state index is -0.927. The molecule has 0 aromatic heterocycles. The monoisotopic (exact) mass is 309 g/mol. The largest absolute Gasteiger partial charge is 0.396 e. The highest BCUT2D eigenvalue weighted by molar-refractivity contribution is 5.86. The van der Waals surface area contributed by atoms with Crippen molar-refractivity contribution >= 4 is 5.91 Å². The second-order valence-electron chi connectivity index (χ2n) is 6.57. The van der Waals surface area contributed by atoms with E-state index in [4.69, 9.17) is 4.74 Å². The predicted molar refractivity (Wildman–Crippen MR) is 81.9 cm³/mol. The van der Waals surface area contributed by atoms with Gasteiger partial charge in [0.2, 0.25) is 5.91 Å². The first kappa shape index (κ1) is 17.2. The molecule has 2 aliphatic rings. The van der Waals surface area contributed by atoms with Gasteiger partial charge in [0.05, 0.1) is 6.07 Å². The van der Waals surface area contributed by atoms with Gasteiger partial charge in [-0.25, -0.2) is 0 Å². The molecule has 0 aromatic carbocycles. The number of carbonyl (C=O) groups is 1. The van der Waals surface area contributed by atoms with Crippen molar-refractivity contribution in [2.24, 2.45) is 17.3 Å². The molecule has 2 rings (SSSR count). The van der Waals surface area contributed by atoms with Crippen LogP contribution in [0.1, 0.15) is 19.8 Å². The van der Waals surface area contributed by atoms with Crippen molar-refractivity contribution in [2.45, 2.75) is 19.8 Å². The van der Waals surface area contributed by atoms with Gasteiger partial charge in [-0.3, -0.25) is 4.79 Å². The van der Waals surface area contributed by atoms with E-state index in [1.54, 1.807) is 4.90 Å². The first-order chi connectivity index (χ1) is 10.6. The smallest absolute Gasteiger partial charge is 0.243 e. The molecule has 1 N–H and O–H groups in total. The van der Waals surface area contributed by atoms with E-state index in [1.807, 2.05) is 7.05 Å². The molecule has 0 radical (unpaired) electrons. The summed E-state index contributed by atoms with van der Waals surface area (Å²) in [5, 5.41) is 19.1. The summed E-state index contributed by atoms with van der Waals surface area (Å²) in [7, 11) is 2.05. The number of nitriles is 1. The van der Waals surface area contributed by atoms with Gasteiger partial charge in [0.1, 0.15) is 5.41 Å². The van der Waals surface area contributed by atoms with E-state index in [2.05, 4.69) is 17.9 Å². The van der Waals surface area contributed by atoms with E-state index in [0.717, 1.165) is 13.1 Å². The van der Waals surface area contributed by atoms with Gasteiger partial charge in [-0.05, 0) is 32.4 Å². The average molecular weight is 309 g/mol. The maximum atomic E-state index is 12.9. The number of hydrogen-bond donors (Lipinski definition) is 1. The molecule has 2 atom stereocenters. The Kier molecular flexibility index (Phi) is 5.79. The fourth-order valence-corrected chi connectivity index (χ4v) is 3.44. The van der Waals surface area contributed by atoms with Gasteiger partial charge in [0.15, 0.2) is 0 Å². The van der Waals surface area contributed by atoms with Crippen LogP contribution in [0, 0.1) is 28.6 Å². The molecular weight excluding hydrogens is 282 g/mol. The highest BCUT2D eigenvalue weighted by atomic mass is 16.5. The Morgan fingerprint density at radius 3 is 2.59 bits per heavy atom. The Hall–Kier alpha value is -1.16. The van der Waals surface area contributed by atoms with E-state index in [9.17, 15) is 15.2 Å². The van der Waals surface area contributed by atoms with E-state index < -0.39 is 5.41 Å². The third kappa shape index (κ3) is 3.43. The molecule has 0 aliphatic carbocycles. The highest BCUT2D eigenvalue weighted by Crippen LogP contribution is 2.35. The molecule has 124 valence electrons. The number of aliphatic hydroxyl groups is 1. The van der Waals surface area contributed by atoms with Crippen LogP contribution in [0.5, 0.6) is 0 Å². The molecule has 2 saturated heterocycles. The summed E-state index contributed by atoms with van der Waals surface area (Å²) in [4.78, 5) is 16.9. The standard InChI is InChI=1S/C16H27N3O3/c1-3-18(2)8-13-9-19(10-14(13)11-20)15(21)16(12-17)4-6-22-7-5-16/h13-14,20H,3-11H2,1-2H3/t13-,14-/m1/s1. The van der Waals surface area contributed by atoms with Crippen molar-refractivity contribution in [3.63, 3.8) is 0 Å². The highest BCUT2D eigenvalue weighted by Gasteiger charge is 2.46. The number of hydrogen-bond acceptors (Lipinski definition) is 5. The third-order valence-corrected chi connectivity index (χ3v) is 5.15. The molecule has 0 unspecified atom stereocenters. The summed E-state index contributed by atoms with van der Waals surface area (Å²) >= 11 is 0. The first-order valence-electron chi connectivity index (χ1n) is 8.14. The lowest BCUT2D eigenvalue weighted by Crippen LogP contribution is -2.45. The zero-order chi connectivity index (χ0) is 16.2. The van der Waals surface area contributed by atoms with Gasteiger partial charge in [0, 0.05) is 45.4 Å². The van der Waals surface area contributed by atoms with Crippen LogP contribution in [-0.4, -0.2) is 73.9 Å². The second-order valence-corrected chi connectivity index (χ2v) is 6.57. The first-order valence-corrected chi connectivity index (χ1v) is 8.14. The van der Waals surface area contributed by atoms with Crippen molar-refractivity contribution in [1.82, 2.24) is 9.80 Å². The Morgan fingerprint density at radius 2 is 2.05 bits per heavy atom. The van der Waals surface area contributed by atoms with E-state index >= 15 is 0 Å². The fraction of sp³-hybridized carbons (Fsp3) is 0.875. The summed E-state index contributed by atoms with van der Waals surface area (Å²) in [6.45, 7) is 6.14. The molecule has 2 fully saturated rings. The number of carbonyl (C=O) groups excluding carboxylic acids is 1. The van der Waals surface area contributed by atoms with Gasteiger partial charge in [-0.15, -0.1) is 0 Å². The summed E-state index contributed by atoms with van der Waals surface area (Å²) in [6.07, 6.45) is 0.949. The lowest BCUT2D eigenvalue weighted by molar-refractivity contribution is -0.142. The summed E-state index contributed by atoms with van der Waals surface area (Å²) in [6, 6.07) is 2.25. The van der Waals surface area contributed by atoms with Gasteiger partial charge in [-0.1, -0.05) is 6.92 Å². The molecule has 6 heteroatoms. The Labute approximate surface area is 132 Å². The molecule has 0 aromatic rings. The number of amides is 1. The van der Waals surface area contributed by atoms with Gasteiger partial charge >= 0.3 is 0 Å². The van der Waals surface area contributed by atoms with Crippen LogP contribution in [0.25, 0.3) is 0 Å². The van der Waals surface area contributed by atoms with Crippen LogP contribution in [0.4, 0.5) is 0 Å². The summed E-state index contributed by atoms with van der Waals surface area (Å²) < 4.78 is 5.30. The third-order valence-electron chi connectivity index (χ3n) is 5.15. The summed E-state index contributed by atoms with van der Waals surface area (Å²) in [5.41, 5.74) is -0.927. The number of nitrogens with zero attached hydrogens (tertiary/aromatic N) is 3. The van der Waals surface area contributed by atoms with Crippen molar-refractivity contribution in [2.75, 3.05) is 53.0 Å².